The Labute approximate surface area is 147 Å². The van der Waals surface area contributed by atoms with Crippen LogP contribution in [-0.4, -0.2) is 51.6 Å². The second-order valence-electron chi connectivity index (χ2n) is 6.20. The number of hydrogen-bond donors (Lipinski definition) is 2. The molecule has 2 aromatic rings. The average molecular weight is 344 g/mol. The van der Waals surface area contributed by atoms with Crippen LogP contribution in [0.5, 0.6) is 0 Å². The Morgan fingerprint density at radius 1 is 1.40 bits per heavy atom. The number of nitrogens with zero attached hydrogens (tertiary/aromatic N) is 4. The van der Waals surface area contributed by atoms with Gasteiger partial charge in [-0.2, -0.15) is 4.98 Å². The van der Waals surface area contributed by atoms with Crippen molar-refractivity contribution in [2.24, 2.45) is 0 Å². The Balaban J connectivity index is 1.42. The lowest BCUT2D eigenvalue weighted by Gasteiger charge is -2.32. The molecule has 0 spiro atoms. The molecular formula is C17H24N6O2. The molecule has 0 bridgehead atoms. The summed E-state index contributed by atoms with van der Waals surface area (Å²) in [6.07, 6.45) is 6.21. The highest BCUT2D eigenvalue weighted by atomic mass is 16.5. The van der Waals surface area contributed by atoms with Gasteiger partial charge in [0, 0.05) is 37.1 Å². The van der Waals surface area contributed by atoms with Gasteiger partial charge >= 0.3 is 0 Å². The predicted octanol–water partition coefficient (Wildman–Crippen LogP) is 1.22. The van der Waals surface area contributed by atoms with Gasteiger partial charge in [-0.1, -0.05) is 12.1 Å². The zero-order chi connectivity index (χ0) is 17.5. The van der Waals surface area contributed by atoms with Crippen molar-refractivity contribution in [3.63, 3.8) is 0 Å². The molecule has 0 saturated carbocycles. The normalized spacial score (nSPS) is 18.2. The number of likely N-dealkylation sites (tertiary alicyclic amines) is 1. The molecular weight excluding hydrogens is 320 g/mol. The molecule has 8 nitrogen and oxygen atoms in total. The van der Waals surface area contributed by atoms with Gasteiger partial charge in [0.15, 0.2) is 5.82 Å². The van der Waals surface area contributed by atoms with E-state index in [1.54, 1.807) is 24.5 Å². The van der Waals surface area contributed by atoms with E-state index in [2.05, 4.69) is 30.7 Å². The number of piperidine rings is 1. The van der Waals surface area contributed by atoms with Crippen LogP contribution in [0, 0.1) is 0 Å². The Morgan fingerprint density at radius 3 is 3.00 bits per heavy atom. The van der Waals surface area contributed by atoms with Gasteiger partial charge in [0.05, 0.1) is 13.1 Å². The van der Waals surface area contributed by atoms with Crippen molar-refractivity contribution in [2.75, 3.05) is 25.0 Å². The molecule has 8 heteroatoms. The molecule has 0 aliphatic carbocycles. The number of hydrogen-bond acceptors (Lipinski definition) is 7. The standard InChI is InChI=1S/C17H24N6O2/c1-2-17-21-15(22-25-17)12-23-9-3-4-14(11-23)19-10-16(24)20-13-5-7-18-8-6-13/h5-8,14,19H,2-4,9-12H2,1H3,(H,18,20,24). The monoisotopic (exact) mass is 344 g/mol. The minimum absolute atomic E-state index is 0.0471. The van der Waals surface area contributed by atoms with E-state index in [1.807, 2.05) is 6.92 Å². The van der Waals surface area contributed by atoms with E-state index in [4.69, 9.17) is 4.52 Å². The molecule has 3 rings (SSSR count). The number of aryl methyl sites for hydroxylation is 1. The van der Waals surface area contributed by atoms with E-state index in [-0.39, 0.29) is 11.9 Å². The first kappa shape index (κ1) is 17.5. The van der Waals surface area contributed by atoms with E-state index in [1.165, 1.54) is 0 Å². The second-order valence-corrected chi connectivity index (χ2v) is 6.20. The summed E-state index contributed by atoms with van der Waals surface area (Å²) in [6, 6.07) is 3.83. The largest absolute Gasteiger partial charge is 0.339 e. The van der Waals surface area contributed by atoms with Gasteiger partial charge in [0.2, 0.25) is 11.8 Å². The Hall–Kier alpha value is -2.32. The zero-order valence-electron chi connectivity index (χ0n) is 14.4. The number of amides is 1. The fourth-order valence-electron chi connectivity index (χ4n) is 2.94. The van der Waals surface area contributed by atoms with Gasteiger partial charge in [-0.05, 0) is 31.5 Å². The highest BCUT2D eigenvalue weighted by Crippen LogP contribution is 2.13. The van der Waals surface area contributed by atoms with Gasteiger partial charge in [0.1, 0.15) is 0 Å². The van der Waals surface area contributed by atoms with Gasteiger partial charge < -0.3 is 15.2 Å². The van der Waals surface area contributed by atoms with Gasteiger partial charge in [0.25, 0.3) is 0 Å². The maximum Gasteiger partial charge on any atom is 0.238 e. The number of carbonyl (C=O) groups is 1. The molecule has 0 aromatic carbocycles. The van der Waals surface area contributed by atoms with Crippen molar-refractivity contribution >= 4 is 11.6 Å². The topological polar surface area (TPSA) is 96.2 Å². The lowest BCUT2D eigenvalue weighted by Crippen LogP contribution is -2.47. The predicted molar refractivity (Wildman–Crippen MR) is 92.8 cm³/mol. The SMILES string of the molecule is CCc1nc(CN2CCCC(NCC(=O)Nc3ccncc3)C2)no1. The maximum absolute atomic E-state index is 12.0. The van der Waals surface area contributed by atoms with E-state index < -0.39 is 0 Å². The summed E-state index contributed by atoms with van der Waals surface area (Å²) in [5, 5.41) is 10.2. The molecule has 1 fully saturated rings. The number of rotatable bonds is 7. The van der Waals surface area contributed by atoms with E-state index >= 15 is 0 Å². The number of nitrogens with one attached hydrogen (secondary N) is 2. The van der Waals surface area contributed by atoms with Crippen LogP contribution in [0.25, 0.3) is 0 Å². The van der Waals surface area contributed by atoms with Crippen LogP contribution in [-0.2, 0) is 17.8 Å². The number of anilines is 1. The van der Waals surface area contributed by atoms with Crippen molar-refractivity contribution in [1.82, 2.24) is 25.3 Å². The highest BCUT2D eigenvalue weighted by Gasteiger charge is 2.21. The zero-order valence-corrected chi connectivity index (χ0v) is 14.4. The Bertz CT molecular complexity index is 675. The minimum Gasteiger partial charge on any atom is -0.339 e. The molecule has 2 N–H and O–H groups in total. The average Bonchev–Trinajstić information content (AvgIpc) is 3.09. The van der Waals surface area contributed by atoms with Crippen LogP contribution >= 0.6 is 0 Å². The van der Waals surface area contributed by atoms with Crippen molar-refractivity contribution in [1.29, 1.82) is 0 Å². The summed E-state index contributed by atoms with van der Waals surface area (Å²) in [6.45, 7) is 4.86. The third-order valence-electron chi connectivity index (χ3n) is 4.20. The third kappa shape index (κ3) is 5.33. The molecule has 1 amide bonds. The number of aromatic nitrogens is 3. The van der Waals surface area contributed by atoms with Gasteiger partial charge in [-0.25, -0.2) is 0 Å². The van der Waals surface area contributed by atoms with Crippen LogP contribution in [0.3, 0.4) is 0 Å². The fraction of sp³-hybridized carbons (Fsp3) is 0.529. The fourth-order valence-corrected chi connectivity index (χ4v) is 2.94. The molecule has 1 aliphatic heterocycles. The smallest absolute Gasteiger partial charge is 0.238 e. The lowest BCUT2D eigenvalue weighted by atomic mass is 10.1. The first-order valence-corrected chi connectivity index (χ1v) is 8.70. The van der Waals surface area contributed by atoms with Crippen LogP contribution in [0.15, 0.2) is 29.0 Å². The number of carbonyl (C=O) groups excluding carboxylic acids is 1. The van der Waals surface area contributed by atoms with E-state index in [0.717, 1.165) is 43.9 Å². The summed E-state index contributed by atoms with van der Waals surface area (Å²) in [5.74, 6) is 1.36. The van der Waals surface area contributed by atoms with Crippen LogP contribution < -0.4 is 10.6 Å². The lowest BCUT2D eigenvalue weighted by molar-refractivity contribution is -0.115. The van der Waals surface area contributed by atoms with Crippen molar-refractivity contribution in [2.45, 2.75) is 38.8 Å². The van der Waals surface area contributed by atoms with Gasteiger partial charge in [-0.3, -0.25) is 14.7 Å². The second kappa shape index (κ2) is 8.68. The number of pyridine rings is 1. The highest BCUT2D eigenvalue weighted by molar-refractivity contribution is 5.92. The van der Waals surface area contributed by atoms with Crippen molar-refractivity contribution in [3.05, 3.63) is 36.2 Å². The maximum atomic E-state index is 12.0. The van der Waals surface area contributed by atoms with Crippen LogP contribution in [0.2, 0.25) is 0 Å². The molecule has 2 aromatic heterocycles. The molecule has 1 atom stereocenters. The van der Waals surface area contributed by atoms with Crippen LogP contribution in [0.4, 0.5) is 5.69 Å². The Morgan fingerprint density at radius 2 is 2.24 bits per heavy atom. The summed E-state index contributed by atoms with van der Waals surface area (Å²) < 4.78 is 5.16. The first-order valence-electron chi connectivity index (χ1n) is 8.70. The molecule has 0 radical (unpaired) electrons. The molecule has 134 valence electrons. The molecule has 3 heterocycles. The first-order chi connectivity index (χ1) is 12.2. The quantitative estimate of drug-likeness (QED) is 0.779. The summed E-state index contributed by atoms with van der Waals surface area (Å²) in [5.41, 5.74) is 0.760. The van der Waals surface area contributed by atoms with Crippen molar-refractivity contribution in [3.8, 4) is 0 Å². The van der Waals surface area contributed by atoms with Gasteiger partial charge in [-0.15, -0.1) is 0 Å². The molecule has 1 unspecified atom stereocenters. The minimum atomic E-state index is -0.0471. The molecule has 25 heavy (non-hydrogen) atoms. The van der Waals surface area contributed by atoms with E-state index in [0.29, 0.717) is 19.0 Å². The third-order valence-corrected chi connectivity index (χ3v) is 4.20. The van der Waals surface area contributed by atoms with E-state index in [9.17, 15) is 4.79 Å². The van der Waals surface area contributed by atoms with Crippen LogP contribution in [0.1, 0.15) is 31.5 Å². The molecule has 1 aliphatic rings. The summed E-state index contributed by atoms with van der Waals surface area (Å²) >= 11 is 0. The molecule has 1 saturated heterocycles. The Kier molecular flexibility index (Phi) is 6.08. The van der Waals surface area contributed by atoms with Crippen molar-refractivity contribution < 1.29 is 9.32 Å². The summed E-state index contributed by atoms with van der Waals surface area (Å²) in [7, 11) is 0. The summed E-state index contributed by atoms with van der Waals surface area (Å²) in [4.78, 5) is 22.6.